The Balaban J connectivity index is 1.18. The number of rotatable bonds is 8. The number of benzene rings is 2. The lowest BCUT2D eigenvalue weighted by atomic mass is 9.93. The van der Waals surface area contributed by atoms with E-state index < -0.39 is 6.10 Å². The van der Waals surface area contributed by atoms with Crippen molar-refractivity contribution in [3.63, 3.8) is 0 Å². The number of nitrogens with one attached hydrogen (secondary N) is 1. The van der Waals surface area contributed by atoms with E-state index in [1.807, 2.05) is 30.3 Å². The lowest BCUT2D eigenvalue weighted by Gasteiger charge is -2.38. The van der Waals surface area contributed by atoms with Crippen molar-refractivity contribution in [2.45, 2.75) is 43.9 Å². The number of nitrogens with zero attached hydrogens (tertiary/aromatic N) is 1. The molecule has 1 aliphatic carbocycles. The molecule has 1 saturated heterocycles. The summed E-state index contributed by atoms with van der Waals surface area (Å²) in [5, 5.41) is 14.2. The van der Waals surface area contributed by atoms with Crippen LogP contribution in [0.15, 0.2) is 60.7 Å². The fourth-order valence-electron chi connectivity index (χ4n) is 4.43. The monoisotopic (exact) mass is 380 g/mol. The lowest BCUT2D eigenvalue weighted by molar-refractivity contribution is 0.0466. The topological polar surface area (TPSA) is 44.7 Å². The highest BCUT2D eigenvalue weighted by molar-refractivity contribution is 5.27. The van der Waals surface area contributed by atoms with Crippen molar-refractivity contribution in [3.05, 3.63) is 66.2 Å². The second kappa shape index (κ2) is 9.08. The van der Waals surface area contributed by atoms with Crippen LogP contribution in [0.5, 0.6) is 5.75 Å². The Labute approximate surface area is 168 Å². The maximum Gasteiger partial charge on any atom is 0.119 e. The zero-order valence-corrected chi connectivity index (χ0v) is 16.7. The molecule has 2 N–H and O–H groups in total. The first-order chi connectivity index (χ1) is 13.7. The van der Waals surface area contributed by atoms with Gasteiger partial charge in [-0.15, -0.1) is 0 Å². The number of hydrogen-bond acceptors (Lipinski definition) is 4. The van der Waals surface area contributed by atoms with Crippen molar-refractivity contribution < 1.29 is 9.84 Å². The largest absolute Gasteiger partial charge is 0.491 e. The van der Waals surface area contributed by atoms with Crippen LogP contribution in [-0.2, 0) is 0 Å². The smallest absolute Gasteiger partial charge is 0.119 e. The van der Waals surface area contributed by atoms with Crippen LogP contribution in [-0.4, -0.2) is 54.4 Å². The first kappa shape index (κ1) is 19.4. The summed E-state index contributed by atoms with van der Waals surface area (Å²) in [5.74, 6) is 2.09. The normalized spacial score (nSPS) is 28.6. The molecule has 150 valence electrons. The quantitative estimate of drug-likeness (QED) is 0.738. The average molecular weight is 381 g/mol. The van der Waals surface area contributed by atoms with E-state index in [0.29, 0.717) is 37.1 Å². The Kier molecular flexibility index (Phi) is 6.30. The highest BCUT2D eigenvalue weighted by Gasteiger charge is 2.40. The zero-order chi connectivity index (χ0) is 19.3. The van der Waals surface area contributed by atoms with Gasteiger partial charge in [-0.3, -0.25) is 0 Å². The van der Waals surface area contributed by atoms with Crippen molar-refractivity contribution in [1.29, 1.82) is 0 Å². The summed E-state index contributed by atoms with van der Waals surface area (Å²) in [7, 11) is 0. The molecule has 2 aliphatic rings. The highest BCUT2D eigenvalue weighted by Crippen LogP contribution is 2.41. The zero-order valence-electron chi connectivity index (χ0n) is 16.7. The van der Waals surface area contributed by atoms with Crippen LogP contribution in [0.3, 0.4) is 0 Å². The molecule has 4 rings (SSSR count). The molecule has 4 heteroatoms. The molecule has 0 aromatic heterocycles. The third kappa shape index (κ3) is 5.13. The molecule has 1 aliphatic heterocycles. The third-order valence-electron chi connectivity index (χ3n) is 6.09. The fraction of sp³-hybridized carbons (Fsp3) is 0.500. The maximum absolute atomic E-state index is 10.3. The summed E-state index contributed by atoms with van der Waals surface area (Å²) in [6.07, 6.45) is 1.94. The molecule has 0 spiro atoms. The number of aliphatic hydroxyl groups excluding tert-OH is 1. The van der Waals surface area contributed by atoms with Crippen LogP contribution in [0.2, 0.25) is 0 Å². The molecular weight excluding hydrogens is 348 g/mol. The highest BCUT2D eigenvalue weighted by atomic mass is 16.5. The van der Waals surface area contributed by atoms with E-state index in [1.165, 1.54) is 12.0 Å². The molecule has 1 saturated carbocycles. The van der Waals surface area contributed by atoms with Gasteiger partial charge in [-0.05, 0) is 43.0 Å². The number of aliphatic hydroxyl groups is 1. The minimum atomic E-state index is -0.456. The van der Waals surface area contributed by atoms with Gasteiger partial charge in [0.1, 0.15) is 18.5 Å². The van der Waals surface area contributed by atoms with Gasteiger partial charge in [0.2, 0.25) is 0 Å². The van der Waals surface area contributed by atoms with Crippen LogP contribution in [0.4, 0.5) is 0 Å². The van der Waals surface area contributed by atoms with E-state index >= 15 is 0 Å². The van der Waals surface area contributed by atoms with Gasteiger partial charge in [0, 0.05) is 31.1 Å². The van der Waals surface area contributed by atoms with Crippen molar-refractivity contribution in [2.24, 2.45) is 5.92 Å². The van der Waals surface area contributed by atoms with Gasteiger partial charge >= 0.3 is 0 Å². The van der Waals surface area contributed by atoms with Crippen molar-refractivity contribution in [2.75, 3.05) is 26.2 Å². The number of likely N-dealkylation sites (tertiary alicyclic amines) is 1. The number of para-hydroxylation sites is 1. The van der Waals surface area contributed by atoms with Crippen LogP contribution < -0.4 is 10.1 Å². The van der Waals surface area contributed by atoms with E-state index in [-0.39, 0.29) is 0 Å². The molecule has 1 heterocycles. The summed E-state index contributed by atoms with van der Waals surface area (Å²) in [4.78, 5) is 2.38. The minimum Gasteiger partial charge on any atom is -0.491 e. The number of β-amino-alcohol motifs (C(OH)–C–C–N with tert-alkyl or cyclic N) is 1. The Hall–Kier alpha value is -1.88. The predicted molar refractivity (Wildman–Crippen MR) is 113 cm³/mol. The van der Waals surface area contributed by atoms with Crippen molar-refractivity contribution >= 4 is 0 Å². The van der Waals surface area contributed by atoms with E-state index in [2.05, 4.69) is 47.5 Å². The van der Waals surface area contributed by atoms with Gasteiger partial charge in [0.25, 0.3) is 0 Å². The Morgan fingerprint density at radius 3 is 2.50 bits per heavy atom. The molecule has 0 radical (unpaired) electrons. The number of piperidine rings is 1. The van der Waals surface area contributed by atoms with Gasteiger partial charge in [-0.1, -0.05) is 55.5 Å². The molecule has 4 nitrogen and oxygen atoms in total. The first-order valence-corrected chi connectivity index (χ1v) is 10.6. The molecule has 2 aromatic rings. The van der Waals surface area contributed by atoms with Gasteiger partial charge in [-0.25, -0.2) is 0 Å². The van der Waals surface area contributed by atoms with Gasteiger partial charge < -0.3 is 20.1 Å². The Bertz CT molecular complexity index is 724. The van der Waals surface area contributed by atoms with Crippen molar-refractivity contribution in [3.8, 4) is 5.75 Å². The summed E-state index contributed by atoms with van der Waals surface area (Å²) >= 11 is 0. The Morgan fingerprint density at radius 2 is 1.79 bits per heavy atom. The summed E-state index contributed by atoms with van der Waals surface area (Å²) in [5.41, 5.74) is 1.46. The van der Waals surface area contributed by atoms with Gasteiger partial charge in [0.05, 0.1) is 0 Å². The molecular formula is C24H32N2O2. The summed E-state index contributed by atoms with van der Waals surface area (Å²) in [6, 6.07) is 21.8. The number of hydrogen-bond donors (Lipinski definition) is 2. The van der Waals surface area contributed by atoms with E-state index in [0.717, 1.165) is 25.3 Å². The first-order valence-electron chi connectivity index (χ1n) is 10.6. The van der Waals surface area contributed by atoms with Crippen molar-refractivity contribution in [1.82, 2.24) is 10.2 Å². The molecule has 5 atom stereocenters. The van der Waals surface area contributed by atoms with E-state index in [9.17, 15) is 5.11 Å². The fourth-order valence-corrected chi connectivity index (χ4v) is 4.43. The standard InChI is InChI=1S/C24H32N2O2/c1-18-15-26(16-20(27)17-28-21-10-6-3-7-11-21)13-12-23(18)25-24-14-22(24)19-8-4-2-5-9-19/h2-11,18,20,22-25,27H,12-17H2,1H3/t18?,20?,22-,23?,24+/m0/s1. The molecule has 3 unspecified atom stereocenters. The van der Waals surface area contributed by atoms with Gasteiger partial charge in [-0.2, -0.15) is 0 Å². The van der Waals surface area contributed by atoms with E-state index in [1.54, 1.807) is 0 Å². The third-order valence-corrected chi connectivity index (χ3v) is 6.09. The van der Waals surface area contributed by atoms with E-state index in [4.69, 9.17) is 4.74 Å². The SMILES string of the molecule is CC1CN(CC(O)COc2ccccc2)CCC1N[C@@H]1C[C@H]1c1ccccc1. The van der Waals surface area contributed by atoms with Crippen LogP contribution in [0.25, 0.3) is 0 Å². The predicted octanol–water partition coefficient (Wildman–Crippen LogP) is 3.28. The molecule has 0 amide bonds. The second-order valence-electron chi connectivity index (χ2n) is 8.44. The summed E-state index contributed by atoms with van der Waals surface area (Å²) < 4.78 is 5.68. The molecule has 2 fully saturated rings. The van der Waals surface area contributed by atoms with Gasteiger partial charge in [0.15, 0.2) is 0 Å². The number of ether oxygens (including phenoxy) is 1. The summed E-state index contributed by atoms with van der Waals surface area (Å²) in [6.45, 7) is 5.42. The molecule has 2 aromatic carbocycles. The van der Waals surface area contributed by atoms with Crippen LogP contribution in [0.1, 0.15) is 31.2 Å². The Morgan fingerprint density at radius 1 is 1.07 bits per heavy atom. The second-order valence-corrected chi connectivity index (χ2v) is 8.44. The minimum absolute atomic E-state index is 0.345. The lowest BCUT2D eigenvalue weighted by Crippen LogP contribution is -2.51. The average Bonchev–Trinajstić information content (AvgIpc) is 3.49. The molecule has 0 bridgehead atoms. The van der Waals surface area contributed by atoms with Crippen LogP contribution in [0, 0.1) is 5.92 Å². The van der Waals surface area contributed by atoms with Crippen LogP contribution >= 0.6 is 0 Å². The molecule has 28 heavy (non-hydrogen) atoms. The maximum atomic E-state index is 10.3.